The topological polar surface area (TPSA) is 91.6 Å². The van der Waals surface area contributed by atoms with Gasteiger partial charge in [0.1, 0.15) is 22.6 Å². The molecule has 6 nitrogen and oxygen atoms in total. The molecule has 3 aromatic rings. The smallest absolute Gasteiger partial charge is 0.266 e. The Labute approximate surface area is 195 Å². The van der Waals surface area contributed by atoms with Crippen molar-refractivity contribution in [2.75, 3.05) is 16.8 Å². The van der Waals surface area contributed by atoms with E-state index in [2.05, 4.69) is 20.3 Å². The maximum atomic E-state index is 14.7. The predicted molar refractivity (Wildman–Crippen MR) is 123 cm³/mol. The number of fused-ring (bicyclic) bond motifs is 1. The molecule has 0 amide bonds. The van der Waals surface area contributed by atoms with Crippen molar-refractivity contribution in [2.45, 2.75) is 45.1 Å². The lowest BCUT2D eigenvalue weighted by atomic mass is 9.94. The zero-order valence-corrected chi connectivity index (χ0v) is 19.6. The van der Waals surface area contributed by atoms with E-state index in [0.717, 1.165) is 11.6 Å². The van der Waals surface area contributed by atoms with Crippen molar-refractivity contribution < 1.29 is 17.4 Å². The molecule has 2 N–H and O–H groups in total. The Morgan fingerprint density at radius 2 is 1.85 bits per heavy atom. The average Bonchev–Trinajstić information content (AvgIpc) is 2.73. The van der Waals surface area contributed by atoms with Crippen LogP contribution in [0.3, 0.4) is 0 Å². The molecule has 1 aliphatic heterocycles. The fourth-order valence-electron chi connectivity index (χ4n) is 4.13. The molecule has 0 spiro atoms. The molecule has 3 heterocycles. The van der Waals surface area contributed by atoms with Gasteiger partial charge in [0.15, 0.2) is 5.65 Å². The maximum Gasteiger partial charge on any atom is 0.266 e. The van der Waals surface area contributed by atoms with Crippen molar-refractivity contribution in [2.24, 2.45) is 0 Å². The summed E-state index contributed by atoms with van der Waals surface area (Å²) in [6.07, 6.45) is -1.79. The van der Waals surface area contributed by atoms with Gasteiger partial charge in [-0.3, -0.25) is 4.78 Å². The minimum atomic E-state index is -2.91. The maximum absolute atomic E-state index is 14.7. The molecular weight excluding hydrogens is 475 g/mol. The third-order valence-electron chi connectivity index (χ3n) is 5.92. The Morgan fingerprint density at radius 3 is 2.52 bits per heavy atom. The zero-order valence-electron chi connectivity index (χ0n) is 18.0. The van der Waals surface area contributed by atoms with Gasteiger partial charge in [-0.15, -0.1) is 0 Å². The second kappa shape index (κ2) is 9.06. The van der Waals surface area contributed by atoms with E-state index in [0.29, 0.717) is 52.2 Å². The Balaban J connectivity index is 1.73. The Bertz CT molecular complexity index is 1310. The third-order valence-corrected chi connectivity index (χ3v) is 8.02. The van der Waals surface area contributed by atoms with E-state index < -0.39 is 33.6 Å². The Kier molecular flexibility index (Phi) is 6.50. The van der Waals surface area contributed by atoms with Gasteiger partial charge in [-0.05, 0) is 44.2 Å². The van der Waals surface area contributed by atoms with Crippen LogP contribution in [0.5, 0.6) is 0 Å². The van der Waals surface area contributed by atoms with Gasteiger partial charge in [0, 0.05) is 26.8 Å². The van der Waals surface area contributed by atoms with Crippen LogP contribution in [0.25, 0.3) is 11.0 Å². The van der Waals surface area contributed by atoms with Crippen molar-refractivity contribution in [3.05, 3.63) is 57.8 Å². The first-order valence-electron chi connectivity index (χ1n) is 10.5. The number of aromatic nitrogens is 3. The van der Waals surface area contributed by atoms with Crippen molar-refractivity contribution in [1.29, 1.82) is 4.78 Å². The summed E-state index contributed by atoms with van der Waals surface area (Å²) in [4.78, 5) is 13.2. The number of rotatable bonds is 5. The molecule has 0 unspecified atom stereocenters. The lowest BCUT2D eigenvalue weighted by molar-refractivity contribution is 0.146. The number of pyridine rings is 1. The number of nitrogens with one attached hydrogen (secondary N) is 2. The molecular formula is C22H23ClF3N5OS. The highest BCUT2D eigenvalue weighted by Gasteiger charge is 2.26. The van der Waals surface area contributed by atoms with Gasteiger partial charge in [-0.2, -0.15) is 0 Å². The highest BCUT2D eigenvalue weighted by atomic mass is 35.5. The van der Waals surface area contributed by atoms with E-state index in [1.807, 2.05) is 6.07 Å². The molecule has 0 aliphatic carbocycles. The zero-order chi connectivity index (χ0) is 23.9. The SMILES string of the molecule is Cc1nc(N[C@H](C)c2cccc(C(F)F)c2F)c2cc(C3CCS(=N)(=O)CC3)c(Cl)nc2n1. The van der Waals surface area contributed by atoms with Gasteiger partial charge in [0.2, 0.25) is 0 Å². The number of halogens is 4. The average molecular weight is 498 g/mol. The lowest BCUT2D eigenvalue weighted by Crippen LogP contribution is -2.21. The highest BCUT2D eigenvalue weighted by Crippen LogP contribution is 2.36. The molecule has 1 fully saturated rings. The largest absolute Gasteiger partial charge is 0.363 e. The van der Waals surface area contributed by atoms with Crippen LogP contribution >= 0.6 is 11.6 Å². The van der Waals surface area contributed by atoms with Crippen molar-refractivity contribution in [1.82, 2.24) is 15.0 Å². The van der Waals surface area contributed by atoms with E-state index in [9.17, 15) is 17.4 Å². The number of anilines is 1. The van der Waals surface area contributed by atoms with Crippen LogP contribution in [0, 0.1) is 17.5 Å². The van der Waals surface area contributed by atoms with Gasteiger partial charge in [-0.25, -0.2) is 32.3 Å². The predicted octanol–water partition coefficient (Wildman–Crippen LogP) is 6.16. The molecule has 1 aliphatic rings. The minimum absolute atomic E-state index is 0.000990. The van der Waals surface area contributed by atoms with Crippen LogP contribution in [0.15, 0.2) is 24.3 Å². The van der Waals surface area contributed by atoms with E-state index in [-0.39, 0.29) is 11.5 Å². The van der Waals surface area contributed by atoms with E-state index in [1.54, 1.807) is 13.8 Å². The van der Waals surface area contributed by atoms with Crippen LogP contribution in [-0.2, 0) is 9.73 Å². The number of hydrogen-bond donors (Lipinski definition) is 2. The molecule has 0 bridgehead atoms. The molecule has 2 aromatic heterocycles. The summed E-state index contributed by atoms with van der Waals surface area (Å²) in [6.45, 7) is 3.34. The Hall–Kier alpha value is -2.46. The molecule has 0 saturated carbocycles. The number of aryl methyl sites for hydroxylation is 1. The normalized spacial score (nSPS) is 22.0. The first kappa shape index (κ1) is 23.7. The fourth-order valence-corrected chi connectivity index (χ4v) is 5.95. The van der Waals surface area contributed by atoms with Gasteiger partial charge >= 0.3 is 0 Å². The quantitative estimate of drug-likeness (QED) is 0.412. The Morgan fingerprint density at radius 1 is 1.18 bits per heavy atom. The summed E-state index contributed by atoms with van der Waals surface area (Å²) in [7, 11) is -2.54. The van der Waals surface area contributed by atoms with Crippen LogP contribution in [-0.4, -0.2) is 30.7 Å². The lowest BCUT2D eigenvalue weighted by Gasteiger charge is -2.25. The van der Waals surface area contributed by atoms with Gasteiger partial charge in [0.05, 0.1) is 17.0 Å². The number of benzene rings is 1. The first-order valence-corrected chi connectivity index (χ1v) is 12.7. The summed E-state index contributed by atoms with van der Waals surface area (Å²) >= 11 is 6.45. The molecule has 4 rings (SSSR count). The van der Waals surface area contributed by atoms with Crippen LogP contribution in [0.4, 0.5) is 19.0 Å². The first-order chi connectivity index (χ1) is 15.6. The second-order valence-electron chi connectivity index (χ2n) is 8.27. The van der Waals surface area contributed by atoms with Crippen molar-refractivity contribution in [3.63, 3.8) is 0 Å². The van der Waals surface area contributed by atoms with Gasteiger partial charge in [-0.1, -0.05) is 29.8 Å². The van der Waals surface area contributed by atoms with Crippen molar-refractivity contribution in [3.8, 4) is 0 Å². The summed E-state index contributed by atoms with van der Waals surface area (Å²) in [5.74, 6) is 0.461. The van der Waals surface area contributed by atoms with Gasteiger partial charge < -0.3 is 5.32 Å². The summed E-state index contributed by atoms with van der Waals surface area (Å²) in [5, 5.41) is 3.97. The van der Waals surface area contributed by atoms with Crippen LogP contribution in [0.1, 0.15) is 60.7 Å². The minimum Gasteiger partial charge on any atom is -0.363 e. The van der Waals surface area contributed by atoms with Crippen molar-refractivity contribution >= 4 is 38.2 Å². The fraction of sp³-hybridized carbons (Fsp3) is 0.409. The van der Waals surface area contributed by atoms with E-state index >= 15 is 0 Å². The summed E-state index contributed by atoms with van der Waals surface area (Å²) < 4.78 is 60.8. The molecule has 1 saturated heterocycles. The molecule has 1 aromatic carbocycles. The van der Waals surface area contributed by atoms with Gasteiger partial charge in [0.25, 0.3) is 6.43 Å². The second-order valence-corrected chi connectivity index (χ2v) is 11.1. The third kappa shape index (κ3) is 4.91. The standard InChI is InChI=1S/C22H23ClF3N5OS/c1-11(14-4-3-5-15(18(14)24)20(25)26)28-21-17-10-16(13-6-8-33(27,32)9-7-13)19(23)31-22(17)30-12(2)29-21/h3-5,10-11,13,20,27H,6-9H2,1-2H3,(H,28,29,30,31)/t11-,13?,33?/m1/s1. The molecule has 0 radical (unpaired) electrons. The summed E-state index contributed by atoms with van der Waals surface area (Å²) in [6, 6.07) is 5.08. The van der Waals surface area contributed by atoms with Crippen LogP contribution < -0.4 is 5.32 Å². The van der Waals surface area contributed by atoms with E-state index in [1.165, 1.54) is 12.1 Å². The molecule has 1 atom stereocenters. The number of nitrogens with zero attached hydrogens (tertiary/aromatic N) is 3. The monoisotopic (exact) mass is 497 g/mol. The highest BCUT2D eigenvalue weighted by molar-refractivity contribution is 7.92. The molecule has 176 valence electrons. The summed E-state index contributed by atoms with van der Waals surface area (Å²) in [5.41, 5.74) is 0.557. The molecule has 33 heavy (non-hydrogen) atoms. The van der Waals surface area contributed by atoms with Crippen LogP contribution in [0.2, 0.25) is 5.15 Å². The number of hydrogen-bond acceptors (Lipinski definition) is 6. The molecule has 11 heteroatoms. The van der Waals surface area contributed by atoms with E-state index in [4.69, 9.17) is 16.4 Å². The number of alkyl halides is 2.